The van der Waals surface area contributed by atoms with Crippen LogP contribution in [-0.4, -0.2) is 37.1 Å². The molecular weight excluding hydrogens is 202 g/mol. The minimum atomic E-state index is 0.0205. The molecule has 1 heterocycles. The van der Waals surface area contributed by atoms with E-state index in [1.54, 1.807) is 6.20 Å². The second-order valence-electron chi connectivity index (χ2n) is 4.22. The zero-order valence-corrected chi connectivity index (χ0v) is 10.3. The molecule has 4 heteroatoms. The summed E-state index contributed by atoms with van der Waals surface area (Å²) in [7, 11) is 4.10. The van der Waals surface area contributed by atoms with Gasteiger partial charge in [-0.3, -0.25) is 0 Å². The molecule has 0 amide bonds. The minimum absolute atomic E-state index is 0.0205. The Kier molecular flexibility index (Phi) is 5.22. The van der Waals surface area contributed by atoms with Gasteiger partial charge in [-0.25, -0.2) is 4.98 Å². The molecule has 0 aliphatic heterocycles. The van der Waals surface area contributed by atoms with Crippen molar-refractivity contribution in [2.24, 2.45) is 5.73 Å². The zero-order valence-electron chi connectivity index (χ0n) is 10.3. The highest BCUT2D eigenvalue weighted by Crippen LogP contribution is 2.14. The molecule has 0 aliphatic carbocycles. The Balaban J connectivity index is 2.39. The maximum atomic E-state index is 5.79. The first-order chi connectivity index (χ1) is 7.59. The van der Waals surface area contributed by atoms with Crippen molar-refractivity contribution >= 4 is 0 Å². The van der Waals surface area contributed by atoms with Gasteiger partial charge in [-0.15, -0.1) is 0 Å². The van der Waals surface area contributed by atoms with Crippen LogP contribution in [0.4, 0.5) is 0 Å². The van der Waals surface area contributed by atoms with Crippen LogP contribution in [0.5, 0.6) is 5.88 Å². The van der Waals surface area contributed by atoms with Crippen LogP contribution in [-0.2, 0) is 0 Å². The molecule has 1 aromatic heterocycles. The standard InChI is InChI=1S/C12H21N3O/c1-10(13)11-5-6-14-12(9-11)16-8-4-7-15(2)3/h5-6,9-10H,4,7-8,13H2,1-3H3. The van der Waals surface area contributed by atoms with Crippen molar-refractivity contribution in [2.45, 2.75) is 19.4 Å². The number of ether oxygens (including phenoxy) is 1. The average molecular weight is 223 g/mol. The van der Waals surface area contributed by atoms with Crippen molar-refractivity contribution in [2.75, 3.05) is 27.2 Å². The largest absolute Gasteiger partial charge is 0.478 e. The highest BCUT2D eigenvalue weighted by atomic mass is 16.5. The molecule has 0 spiro atoms. The second-order valence-corrected chi connectivity index (χ2v) is 4.22. The molecule has 0 bridgehead atoms. The fourth-order valence-electron chi connectivity index (χ4n) is 1.34. The van der Waals surface area contributed by atoms with Crippen LogP contribution < -0.4 is 10.5 Å². The van der Waals surface area contributed by atoms with Gasteiger partial charge in [0.25, 0.3) is 0 Å². The van der Waals surface area contributed by atoms with E-state index >= 15 is 0 Å². The predicted molar refractivity (Wildman–Crippen MR) is 65.5 cm³/mol. The van der Waals surface area contributed by atoms with Crippen molar-refractivity contribution in [3.8, 4) is 5.88 Å². The van der Waals surface area contributed by atoms with Gasteiger partial charge in [0.15, 0.2) is 0 Å². The Hall–Kier alpha value is -1.13. The van der Waals surface area contributed by atoms with E-state index in [-0.39, 0.29) is 6.04 Å². The van der Waals surface area contributed by atoms with Gasteiger partial charge in [0.1, 0.15) is 0 Å². The smallest absolute Gasteiger partial charge is 0.213 e. The van der Waals surface area contributed by atoms with E-state index in [2.05, 4.69) is 24.0 Å². The summed E-state index contributed by atoms with van der Waals surface area (Å²) >= 11 is 0. The third-order valence-corrected chi connectivity index (χ3v) is 2.28. The molecule has 0 aliphatic rings. The first kappa shape index (κ1) is 12.9. The van der Waals surface area contributed by atoms with Gasteiger partial charge < -0.3 is 15.4 Å². The Morgan fingerprint density at radius 3 is 2.88 bits per heavy atom. The highest BCUT2D eigenvalue weighted by Gasteiger charge is 2.02. The van der Waals surface area contributed by atoms with Gasteiger partial charge in [-0.2, -0.15) is 0 Å². The lowest BCUT2D eigenvalue weighted by molar-refractivity contribution is 0.273. The minimum Gasteiger partial charge on any atom is -0.478 e. The highest BCUT2D eigenvalue weighted by molar-refractivity contribution is 5.22. The summed E-state index contributed by atoms with van der Waals surface area (Å²) in [4.78, 5) is 6.28. The molecule has 90 valence electrons. The lowest BCUT2D eigenvalue weighted by atomic mass is 10.1. The van der Waals surface area contributed by atoms with E-state index < -0.39 is 0 Å². The normalized spacial score (nSPS) is 12.8. The van der Waals surface area contributed by atoms with Crippen LogP contribution in [0.2, 0.25) is 0 Å². The van der Waals surface area contributed by atoms with Gasteiger partial charge >= 0.3 is 0 Å². The van der Waals surface area contributed by atoms with E-state index in [1.807, 2.05) is 19.1 Å². The fraction of sp³-hybridized carbons (Fsp3) is 0.583. The number of nitrogens with two attached hydrogens (primary N) is 1. The Morgan fingerprint density at radius 1 is 1.50 bits per heavy atom. The van der Waals surface area contributed by atoms with Gasteiger partial charge in [0, 0.05) is 24.8 Å². The van der Waals surface area contributed by atoms with E-state index in [4.69, 9.17) is 10.5 Å². The Labute approximate surface area is 97.4 Å². The van der Waals surface area contributed by atoms with Gasteiger partial charge in [0.05, 0.1) is 6.61 Å². The Morgan fingerprint density at radius 2 is 2.25 bits per heavy atom. The summed E-state index contributed by atoms with van der Waals surface area (Å²) in [5.41, 5.74) is 6.84. The maximum Gasteiger partial charge on any atom is 0.213 e. The van der Waals surface area contributed by atoms with Crippen molar-refractivity contribution < 1.29 is 4.74 Å². The van der Waals surface area contributed by atoms with E-state index in [0.717, 1.165) is 18.5 Å². The van der Waals surface area contributed by atoms with Gasteiger partial charge in [-0.1, -0.05) is 0 Å². The summed E-state index contributed by atoms with van der Waals surface area (Å²) in [6.07, 6.45) is 2.73. The third kappa shape index (κ3) is 4.59. The quantitative estimate of drug-likeness (QED) is 0.741. The molecule has 0 saturated carbocycles. The van der Waals surface area contributed by atoms with Crippen LogP contribution in [0, 0.1) is 0 Å². The van der Waals surface area contributed by atoms with Crippen molar-refractivity contribution in [1.82, 2.24) is 9.88 Å². The SMILES string of the molecule is CC(N)c1ccnc(OCCCN(C)C)c1. The van der Waals surface area contributed by atoms with Gasteiger partial charge in [0.2, 0.25) is 5.88 Å². The monoisotopic (exact) mass is 223 g/mol. The first-order valence-corrected chi connectivity index (χ1v) is 5.58. The van der Waals surface area contributed by atoms with Crippen molar-refractivity contribution in [1.29, 1.82) is 0 Å². The summed E-state index contributed by atoms with van der Waals surface area (Å²) in [6.45, 7) is 3.66. The number of hydrogen-bond donors (Lipinski definition) is 1. The molecule has 1 rings (SSSR count). The molecule has 1 aromatic rings. The van der Waals surface area contributed by atoms with Crippen LogP contribution in [0.15, 0.2) is 18.3 Å². The molecule has 16 heavy (non-hydrogen) atoms. The lowest BCUT2D eigenvalue weighted by Gasteiger charge is -2.11. The van der Waals surface area contributed by atoms with Crippen molar-refractivity contribution in [3.05, 3.63) is 23.9 Å². The second kappa shape index (κ2) is 6.45. The number of pyridine rings is 1. The number of rotatable bonds is 6. The Bertz CT molecular complexity index is 313. The van der Waals surface area contributed by atoms with E-state index in [1.165, 1.54) is 0 Å². The molecule has 1 unspecified atom stereocenters. The third-order valence-electron chi connectivity index (χ3n) is 2.28. The molecule has 4 nitrogen and oxygen atoms in total. The summed E-state index contributed by atoms with van der Waals surface area (Å²) in [5, 5.41) is 0. The number of hydrogen-bond acceptors (Lipinski definition) is 4. The summed E-state index contributed by atoms with van der Waals surface area (Å²) in [6, 6.07) is 3.84. The van der Waals surface area contributed by atoms with E-state index in [9.17, 15) is 0 Å². The maximum absolute atomic E-state index is 5.79. The summed E-state index contributed by atoms with van der Waals surface area (Å²) < 4.78 is 5.55. The van der Waals surface area contributed by atoms with Crippen LogP contribution in [0.25, 0.3) is 0 Å². The summed E-state index contributed by atoms with van der Waals surface area (Å²) in [5.74, 6) is 0.661. The van der Waals surface area contributed by atoms with Crippen LogP contribution in [0.1, 0.15) is 24.9 Å². The van der Waals surface area contributed by atoms with Crippen LogP contribution >= 0.6 is 0 Å². The number of nitrogens with zero attached hydrogens (tertiary/aromatic N) is 2. The molecule has 2 N–H and O–H groups in total. The lowest BCUT2D eigenvalue weighted by Crippen LogP contribution is -2.15. The zero-order chi connectivity index (χ0) is 12.0. The van der Waals surface area contributed by atoms with Crippen LogP contribution in [0.3, 0.4) is 0 Å². The molecular formula is C12H21N3O. The average Bonchev–Trinajstić information content (AvgIpc) is 2.24. The fourth-order valence-corrected chi connectivity index (χ4v) is 1.34. The van der Waals surface area contributed by atoms with Gasteiger partial charge in [-0.05, 0) is 39.1 Å². The van der Waals surface area contributed by atoms with Crippen molar-refractivity contribution in [3.63, 3.8) is 0 Å². The molecule has 0 saturated heterocycles. The van der Waals surface area contributed by atoms with E-state index in [0.29, 0.717) is 12.5 Å². The molecule has 0 radical (unpaired) electrons. The first-order valence-electron chi connectivity index (χ1n) is 5.58. The molecule has 1 atom stereocenters. The number of aromatic nitrogens is 1. The molecule has 0 fully saturated rings. The topological polar surface area (TPSA) is 51.4 Å². The predicted octanol–water partition coefficient (Wildman–Crippen LogP) is 1.43. The molecule has 0 aromatic carbocycles.